The van der Waals surface area contributed by atoms with E-state index in [1.807, 2.05) is 6.07 Å². The number of ketones is 1. The second-order valence-corrected chi connectivity index (χ2v) is 8.04. The molecule has 0 bridgehead atoms. The van der Waals surface area contributed by atoms with Crippen molar-refractivity contribution < 1.29 is 24.0 Å². The van der Waals surface area contributed by atoms with Crippen LogP contribution in [0.1, 0.15) is 15.9 Å². The molecule has 1 aliphatic heterocycles. The van der Waals surface area contributed by atoms with E-state index in [0.29, 0.717) is 5.75 Å². The zero-order valence-corrected chi connectivity index (χ0v) is 17.9. The lowest BCUT2D eigenvalue weighted by atomic mass is 10.1. The van der Waals surface area contributed by atoms with E-state index in [-0.39, 0.29) is 16.2 Å². The number of nitrogens with zero attached hydrogens (tertiary/aromatic N) is 2. The average Bonchev–Trinajstić information content (AvgIpc) is 2.95. The molecule has 1 saturated heterocycles. The van der Waals surface area contributed by atoms with E-state index in [1.54, 1.807) is 25.3 Å². The Morgan fingerprint density at radius 2 is 1.93 bits per heavy atom. The zero-order chi connectivity index (χ0) is 21.1. The number of thioether (sulfide) groups is 1. The van der Waals surface area contributed by atoms with Crippen LogP contribution in [0.15, 0.2) is 47.4 Å². The molecular formula is C19H13IN2O6S. The molecule has 1 heterocycles. The van der Waals surface area contributed by atoms with E-state index < -0.39 is 28.4 Å². The third-order valence-electron chi connectivity index (χ3n) is 4.05. The number of amides is 2. The fraction of sp³-hybridized carbons (Fsp3) is 0.105. The highest BCUT2D eigenvalue weighted by atomic mass is 127. The summed E-state index contributed by atoms with van der Waals surface area (Å²) in [5.41, 5.74) is 0.760. The number of Topliss-reactive ketones (excluding diaryl/α,β-unsaturated/α-hetero) is 1. The number of benzene rings is 2. The average molecular weight is 524 g/mol. The Labute approximate surface area is 183 Å². The van der Waals surface area contributed by atoms with Crippen LogP contribution in [0.25, 0.3) is 6.08 Å². The molecule has 0 N–H and O–H groups in total. The van der Waals surface area contributed by atoms with Crippen molar-refractivity contribution in [2.45, 2.75) is 0 Å². The van der Waals surface area contributed by atoms with Gasteiger partial charge in [0.15, 0.2) is 5.78 Å². The molecule has 1 fully saturated rings. The predicted octanol–water partition coefficient (Wildman–Crippen LogP) is 4.13. The number of hydrogen-bond donors (Lipinski definition) is 0. The smallest absolute Gasteiger partial charge is 0.293 e. The van der Waals surface area contributed by atoms with Gasteiger partial charge >= 0.3 is 0 Å². The van der Waals surface area contributed by atoms with Crippen LogP contribution in [-0.4, -0.2) is 40.4 Å². The fourth-order valence-corrected chi connectivity index (χ4v) is 4.16. The van der Waals surface area contributed by atoms with Crippen LogP contribution in [0, 0.1) is 13.7 Å². The Morgan fingerprint density at radius 3 is 2.52 bits per heavy atom. The molecule has 148 valence electrons. The van der Waals surface area contributed by atoms with Crippen LogP contribution >= 0.6 is 34.4 Å². The first-order chi connectivity index (χ1) is 13.8. The molecule has 2 aromatic rings. The van der Waals surface area contributed by atoms with Gasteiger partial charge in [0.25, 0.3) is 16.8 Å². The minimum absolute atomic E-state index is 0.148. The minimum Gasteiger partial charge on any atom is -0.496 e. The van der Waals surface area contributed by atoms with Crippen LogP contribution in [0.2, 0.25) is 0 Å². The van der Waals surface area contributed by atoms with Crippen molar-refractivity contribution in [3.05, 3.63) is 72.2 Å². The number of carbonyl (C=O) groups is 3. The molecule has 29 heavy (non-hydrogen) atoms. The van der Waals surface area contributed by atoms with Gasteiger partial charge in [0, 0.05) is 17.7 Å². The maximum atomic E-state index is 12.6. The number of nitro groups is 1. The number of ether oxygens (including phenoxy) is 1. The zero-order valence-electron chi connectivity index (χ0n) is 15.0. The van der Waals surface area contributed by atoms with Gasteiger partial charge in [-0.05, 0) is 70.3 Å². The van der Waals surface area contributed by atoms with Gasteiger partial charge in [-0.2, -0.15) is 0 Å². The lowest BCUT2D eigenvalue weighted by molar-refractivity contribution is -0.384. The van der Waals surface area contributed by atoms with E-state index in [0.717, 1.165) is 25.8 Å². The summed E-state index contributed by atoms with van der Waals surface area (Å²) in [6.45, 7) is -0.431. The lowest BCUT2D eigenvalue weighted by Crippen LogP contribution is -2.33. The van der Waals surface area contributed by atoms with Crippen LogP contribution in [0.3, 0.4) is 0 Å². The molecule has 2 aromatic carbocycles. The molecule has 0 spiro atoms. The second kappa shape index (κ2) is 8.74. The van der Waals surface area contributed by atoms with Crippen molar-refractivity contribution in [1.82, 2.24) is 4.90 Å². The molecule has 0 aromatic heterocycles. The maximum absolute atomic E-state index is 12.6. The number of methoxy groups -OCH3 is 1. The SMILES string of the molecule is COc1ccc(/C=C2\SC(=O)N(CC(=O)c3ccc([N+](=O)[O-])cc3)C2=O)cc1I. The van der Waals surface area contributed by atoms with Gasteiger partial charge in [-0.3, -0.25) is 29.4 Å². The third-order valence-corrected chi connectivity index (χ3v) is 5.80. The summed E-state index contributed by atoms with van der Waals surface area (Å²) < 4.78 is 6.05. The highest BCUT2D eigenvalue weighted by Crippen LogP contribution is 2.33. The topological polar surface area (TPSA) is 107 Å². The molecule has 8 nitrogen and oxygen atoms in total. The van der Waals surface area contributed by atoms with Gasteiger partial charge < -0.3 is 4.74 Å². The van der Waals surface area contributed by atoms with Gasteiger partial charge in [0.1, 0.15) is 5.75 Å². The Hall–Kier alpha value is -2.73. The lowest BCUT2D eigenvalue weighted by Gasteiger charge is -2.11. The van der Waals surface area contributed by atoms with E-state index in [1.165, 1.54) is 24.3 Å². The highest BCUT2D eigenvalue weighted by Gasteiger charge is 2.36. The maximum Gasteiger partial charge on any atom is 0.293 e. The molecular weight excluding hydrogens is 511 g/mol. The normalized spacial score (nSPS) is 15.1. The number of hydrogen-bond acceptors (Lipinski definition) is 7. The van der Waals surface area contributed by atoms with Gasteiger partial charge in [0.05, 0.1) is 27.1 Å². The van der Waals surface area contributed by atoms with Crippen LogP contribution in [0.4, 0.5) is 10.5 Å². The summed E-state index contributed by atoms with van der Waals surface area (Å²) in [5.74, 6) is -0.340. The monoisotopic (exact) mass is 524 g/mol. The number of halogens is 1. The summed E-state index contributed by atoms with van der Waals surface area (Å²) in [4.78, 5) is 48.4. The molecule has 10 heteroatoms. The van der Waals surface area contributed by atoms with Crippen LogP contribution in [0.5, 0.6) is 5.75 Å². The van der Waals surface area contributed by atoms with Crippen molar-refractivity contribution in [2.24, 2.45) is 0 Å². The Morgan fingerprint density at radius 1 is 1.24 bits per heavy atom. The third kappa shape index (κ3) is 4.65. The number of nitro benzene ring substituents is 1. The first kappa shape index (κ1) is 21.0. The fourth-order valence-electron chi connectivity index (χ4n) is 2.56. The first-order valence-electron chi connectivity index (χ1n) is 8.16. The largest absolute Gasteiger partial charge is 0.496 e. The van der Waals surface area contributed by atoms with E-state index in [4.69, 9.17) is 4.74 Å². The number of rotatable bonds is 6. The standard InChI is InChI=1S/C19H13IN2O6S/c1-28-16-7-2-11(8-14(16)20)9-17-18(24)21(19(25)29-17)10-15(23)12-3-5-13(6-4-12)22(26)27/h2-9H,10H2,1H3/b17-9-. The molecule has 0 aliphatic carbocycles. The van der Waals surface area contributed by atoms with Gasteiger partial charge in [-0.1, -0.05) is 6.07 Å². The molecule has 0 atom stereocenters. The van der Waals surface area contributed by atoms with Gasteiger partial charge in [-0.25, -0.2) is 0 Å². The molecule has 1 aliphatic rings. The molecule has 2 amide bonds. The second-order valence-electron chi connectivity index (χ2n) is 5.89. The Bertz CT molecular complexity index is 1050. The summed E-state index contributed by atoms with van der Waals surface area (Å²) in [7, 11) is 1.56. The van der Waals surface area contributed by atoms with E-state index in [2.05, 4.69) is 22.6 Å². The summed E-state index contributed by atoms with van der Waals surface area (Å²) >= 11 is 2.86. The Kier molecular flexibility index (Phi) is 6.33. The van der Waals surface area contributed by atoms with Crippen molar-refractivity contribution in [1.29, 1.82) is 0 Å². The summed E-state index contributed by atoms with van der Waals surface area (Å²) in [6, 6.07) is 10.3. The van der Waals surface area contributed by atoms with Crippen molar-refractivity contribution in [3.63, 3.8) is 0 Å². The number of imide groups is 1. The van der Waals surface area contributed by atoms with Crippen molar-refractivity contribution in [3.8, 4) is 5.75 Å². The van der Waals surface area contributed by atoms with Gasteiger partial charge in [0.2, 0.25) is 0 Å². The molecule has 0 saturated carbocycles. The summed E-state index contributed by atoms with van der Waals surface area (Å²) in [6.07, 6.45) is 1.59. The van der Waals surface area contributed by atoms with E-state index in [9.17, 15) is 24.5 Å². The van der Waals surface area contributed by atoms with Gasteiger partial charge in [-0.15, -0.1) is 0 Å². The number of carbonyl (C=O) groups excluding carboxylic acids is 3. The van der Waals surface area contributed by atoms with Crippen LogP contribution < -0.4 is 4.74 Å². The molecule has 0 unspecified atom stereocenters. The molecule has 0 radical (unpaired) electrons. The quantitative estimate of drug-likeness (QED) is 0.184. The van der Waals surface area contributed by atoms with E-state index >= 15 is 0 Å². The molecule has 3 rings (SSSR count). The number of non-ortho nitro benzene ring substituents is 1. The first-order valence-corrected chi connectivity index (χ1v) is 10.1. The Balaban J connectivity index is 1.75. The summed E-state index contributed by atoms with van der Waals surface area (Å²) in [5, 5.41) is 10.2. The van der Waals surface area contributed by atoms with Crippen molar-refractivity contribution in [2.75, 3.05) is 13.7 Å². The minimum atomic E-state index is -0.574. The van der Waals surface area contributed by atoms with Crippen LogP contribution in [-0.2, 0) is 4.79 Å². The predicted molar refractivity (Wildman–Crippen MR) is 116 cm³/mol. The highest BCUT2D eigenvalue weighted by molar-refractivity contribution is 14.1. The van der Waals surface area contributed by atoms with Crippen molar-refractivity contribution >= 4 is 63.0 Å².